The lowest BCUT2D eigenvalue weighted by molar-refractivity contribution is -0.118. The van der Waals surface area contributed by atoms with Gasteiger partial charge in [0.2, 0.25) is 11.7 Å². The van der Waals surface area contributed by atoms with Crippen molar-refractivity contribution in [3.05, 3.63) is 29.5 Å². The molecule has 5 nitrogen and oxygen atoms in total. The van der Waals surface area contributed by atoms with E-state index in [1.54, 1.807) is 32.0 Å². The molecule has 1 aromatic carbocycles. The van der Waals surface area contributed by atoms with Crippen molar-refractivity contribution in [3.8, 4) is 0 Å². The van der Waals surface area contributed by atoms with Crippen LogP contribution < -0.4 is 5.32 Å². The summed E-state index contributed by atoms with van der Waals surface area (Å²) in [5.74, 6) is -0.525. The van der Waals surface area contributed by atoms with Crippen molar-refractivity contribution in [1.82, 2.24) is 0 Å². The highest BCUT2D eigenvalue weighted by atomic mass is 16.5. The molecule has 2 aromatic rings. The molecule has 112 valence electrons. The summed E-state index contributed by atoms with van der Waals surface area (Å²) in [7, 11) is 0. The third-order valence-corrected chi connectivity index (χ3v) is 3.20. The van der Waals surface area contributed by atoms with Crippen LogP contribution in [0.2, 0.25) is 0 Å². The molecule has 5 heteroatoms. The van der Waals surface area contributed by atoms with E-state index >= 15 is 0 Å². The number of hydrogen-bond donors (Lipinski definition) is 1. The number of anilines is 1. The van der Waals surface area contributed by atoms with Crippen LogP contribution in [0, 0.1) is 12.8 Å². The van der Waals surface area contributed by atoms with Crippen LogP contribution in [0.25, 0.3) is 11.0 Å². The van der Waals surface area contributed by atoms with Gasteiger partial charge < -0.3 is 14.5 Å². The van der Waals surface area contributed by atoms with Crippen LogP contribution in [0.4, 0.5) is 5.69 Å². The maximum atomic E-state index is 11.9. The van der Waals surface area contributed by atoms with E-state index in [1.165, 1.54) is 0 Å². The fourth-order valence-corrected chi connectivity index (χ4v) is 2.08. The highest BCUT2D eigenvalue weighted by Crippen LogP contribution is 2.32. The Labute approximate surface area is 123 Å². The number of benzene rings is 1. The number of aryl methyl sites for hydroxylation is 1. The Balaban J connectivity index is 2.49. The average molecular weight is 289 g/mol. The molecule has 2 rings (SSSR count). The molecule has 0 aliphatic carbocycles. The number of amides is 1. The highest BCUT2D eigenvalue weighted by molar-refractivity contribution is 6.05. The van der Waals surface area contributed by atoms with Gasteiger partial charge in [-0.25, -0.2) is 4.79 Å². The van der Waals surface area contributed by atoms with Crippen LogP contribution >= 0.6 is 0 Å². The van der Waals surface area contributed by atoms with Crippen LogP contribution in [-0.4, -0.2) is 18.5 Å². The molecule has 0 saturated carbocycles. The van der Waals surface area contributed by atoms with Gasteiger partial charge in [0.15, 0.2) is 0 Å². The molecule has 0 spiro atoms. The van der Waals surface area contributed by atoms with Crippen LogP contribution in [0.3, 0.4) is 0 Å². The number of esters is 1. The first-order chi connectivity index (χ1) is 9.95. The molecule has 0 saturated heterocycles. The van der Waals surface area contributed by atoms with Crippen LogP contribution in [0.5, 0.6) is 0 Å². The number of fused-ring (bicyclic) bond motifs is 1. The van der Waals surface area contributed by atoms with Crippen molar-refractivity contribution in [2.45, 2.75) is 27.7 Å². The van der Waals surface area contributed by atoms with E-state index < -0.39 is 5.97 Å². The summed E-state index contributed by atoms with van der Waals surface area (Å²) in [6.45, 7) is 7.45. The minimum absolute atomic E-state index is 0.0826. The van der Waals surface area contributed by atoms with E-state index in [2.05, 4.69) is 5.32 Å². The van der Waals surface area contributed by atoms with Crippen molar-refractivity contribution in [3.63, 3.8) is 0 Å². The SMILES string of the molecule is CCOC(=O)c1oc2cccc(NC(=O)C(C)C)c2c1C. The molecule has 0 bridgehead atoms. The van der Waals surface area contributed by atoms with Crippen molar-refractivity contribution in [2.75, 3.05) is 11.9 Å². The smallest absolute Gasteiger partial charge is 0.374 e. The number of carbonyl (C=O) groups is 2. The molecule has 1 amide bonds. The van der Waals surface area contributed by atoms with Crippen LogP contribution in [0.1, 0.15) is 36.9 Å². The van der Waals surface area contributed by atoms with E-state index in [1.807, 2.05) is 13.8 Å². The van der Waals surface area contributed by atoms with Gasteiger partial charge in [-0.1, -0.05) is 19.9 Å². The zero-order valence-electron chi connectivity index (χ0n) is 12.6. The molecule has 1 aromatic heterocycles. The quantitative estimate of drug-likeness (QED) is 0.874. The first-order valence-electron chi connectivity index (χ1n) is 6.95. The first-order valence-corrected chi connectivity index (χ1v) is 6.95. The Hall–Kier alpha value is -2.30. The van der Waals surface area contributed by atoms with Crippen molar-refractivity contribution in [1.29, 1.82) is 0 Å². The standard InChI is InChI=1S/C16H19NO4/c1-5-20-16(19)14-10(4)13-11(17-15(18)9(2)3)7-6-8-12(13)21-14/h6-9H,5H2,1-4H3,(H,17,18). The summed E-state index contributed by atoms with van der Waals surface area (Å²) in [6, 6.07) is 5.33. The summed E-state index contributed by atoms with van der Waals surface area (Å²) in [5.41, 5.74) is 1.86. The second-order valence-electron chi connectivity index (χ2n) is 5.10. The average Bonchev–Trinajstić information content (AvgIpc) is 2.77. The summed E-state index contributed by atoms with van der Waals surface area (Å²) in [6.07, 6.45) is 0. The van der Waals surface area contributed by atoms with E-state index in [9.17, 15) is 9.59 Å². The van der Waals surface area contributed by atoms with Gasteiger partial charge in [0.05, 0.1) is 12.3 Å². The minimum Gasteiger partial charge on any atom is -0.460 e. The lowest BCUT2D eigenvalue weighted by Gasteiger charge is -2.08. The van der Waals surface area contributed by atoms with Gasteiger partial charge in [-0.2, -0.15) is 0 Å². The Morgan fingerprint density at radius 1 is 1.33 bits per heavy atom. The molecule has 1 N–H and O–H groups in total. The summed E-state index contributed by atoms with van der Waals surface area (Å²) >= 11 is 0. The third-order valence-electron chi connectivity index (χ3n) is 3.20. The lowest BCUT2D eigenvalue weighted by atomic mass is 10.1. The zero-order valence-corrected chi connectivity index (χ0v) is 12.6. The topological polar surface area (TPSA) is 68.5 Å². The van der Waals surface area contributed by atoms with Gasteiger partial charge in [-0.05, 0) is 26.0 Å². The molecule has 0 unspecified atom stereocenters. The Kier molecular flexibility index (Phi) is 4.31. The van der Waals surface area contributed by atoms with Gasteiger partial charge in [-0.15, -0.1) is 0 Å². The van der Waals surface area contributed by atoms with Crippen LogP contribution in [0.15, 0.2) is 22.6 Å². The maximum Gasteiger partial charge on any atom is 0.374 e. The largest absolute Gasteiger partial charge is 0.460 e. The van der Waals surface area contributed by atoms with Gasteiger partial charge in [0, 0.05) is 16.9 Å². The number of ether oxygens (including phenoxy) is 1. The minimum atomic E-state index is -0.493. The maximum absolute atomic E-state index is 11.9. The highest BCUT2D eigenvalue weighted by Gasteiger charge is 2.21. The monoisotopic (exact) mass is 289 g/mol. The molecule has 0 fully saturated rings. The Bertz CT molecular complexity index is 685. The summed E-state index contributed by atoms with van der Waals surface area (Å²) in [5, 5.41) is 3.59. The van der Waals surface area contributed by atoms with Crippen molar-refractivity contribution in [2.24, 2.45) is 5.92 Å². The number of carbonyl (C=O) groups excluding carboxylic acids is 2. The predicted octanol–water partition coefficient (Wildman–Crippen LogP) is 3.51. The molecular weight excluding hydrogens is 270 g/mol. The second kappa shape index (κ2) is 5.99. The number of hydrogen-bond acceptors (Lipinski definition) is 4. The molecule has 21 heavy (non-hydrogen) atoms. The van der Waals surface area contributed by atoms with Gasteiger partial charge in [0.1, 0.15) is 5.58 Å². The van der Waals surface area contributed by atoms with Crippen LogP contribution in [-0.2, 0) is 9.53 Å². The fraction of sp³-hybridized carbons (Fsp3) is 0.375. The number of furan rings is 1. The second-order valence-corrected chi connectivity index (χ2v) is 5.10. The molecule has 0 aliphatic heterocycles. The third kappa shape index (κ3) is 2.91. The molecular formula is C16H19NO4. The summed E-state index contributed by atoms with van der Waals surface area (Å²) in [4.78, 5) is 23.8. The van der Waals surface area contributed by atoms with Gasteiger partial charge >= 0.3 is 5.97 Å². The zero-order chi connectivity index (χ0) is 15.6. The Morgan fingerprint density at radius 3 is 2.67 bits per heavy atom. The molecule has 0 aliphatic rings. The van der Waals surface area contributed by atoms with Gasteiger partial charge in [0.25, 0.3) is 0 Å². The van der Waals surface area contributed by atoms with E-state index in [4.69, 9.17) is 9.15 Å². The van der Waals surface area contributed by atoms with E-state index in [0.717, 1.165) is 5.39 Å². The fourth-order valence-electron chi connectivity index (χ4n) is 2.08. The first kappa shape index (κ1) is 15.1. The van der Waals surface area contributed by atoms with Crippen molar-refractivity contribution < 1.29 is 18.7 Å². The summed E-state index contributed by atoms with van der Waals surface area (Å²) < 4.78 is 10.5. The normalized spacial score (nSPS) is 10.9. The van der Waals surface area contributed by atoms with Crippen molar-refractivity contribution >= 4 is 28.5 Å². The molecule has 0 radical (unpaired) electrons. The number of nitrogens with one attached hydrogen (secondary N) is 1. The number of rotatable bonds is 4. The van der Waals surface area contributed by atoms with Gasteiger partial charge in [-0.3, -0.25) is 4.79 Å². The lowest BCUT2D eigenvalue weighted by Crippen LogP contribution is -2.17. The molecule has 0 atom stereocenters. The predicted molar refractivity (Wildman–Crippen MR) is 80.4 cm³/mol. The Morgan fingerprint density at radius 2 is 2.05 bits per heavy atom. The van der Waals surface area contributed by atoms with E-state index in [-0.39, 0.29) is 24.2 Å². The van der Waals surface area contributed by atoms with E-state index in [0.29, 0.717) is 16.8 Å². The molecule has 1 heterocycles.